The molecule has 3 rings (SSSR count). The van der Waals surface area contributed by atoms with E-state index >= 15 is 0 Å². The Kier molecular flexibility index (Phi) is 7.10. The van der Waals surface area contributed by atoms with Crippen molar-refractivity contribution in [3.63, 3.8) is 0 Å². The summed E-state index contributed by atoms with van der Waals surface area (Å²) in [7, 11) is 0. The second kappa shape index (κ2) is 10.2. The lowest BCUT2D eigenvalue weighted by Crippen LogP contribution is -2.28. The summed E-state index contributed by atoms with van der Waals surface area (Å²) < 4.78 is 20.0. The highest BCUT2D eigenvalue weighted by Crippen LogP contribution is 2.25. The van der Waals surface area contributed by atoms with Gasteiger partial charge < -0.3 is 10.1 Å². The number of halogens is 1. The van der Waals surface area contributed by atoms with E-state index in [1.807, 2.05) is 37.3 Å². The van der Waals surface area contributed by atoms with Crippen LogP contribution in [0.5, 0.6) is 0 Å². The van der Waals surface area contributed by atoms with Crippen molar-refractivity contribution in [2.75, 3.05) is 13.2 Å². The van der Waals surface area contributed by atoms with Crippen molar-refractivity contribution in [1.29, 1.82) is 0 Å². The van der Waals surface area contributed by atoms with Gasteiger partial charge in [-0.25, -0.2) is 13.9 Å². The molecule has 0 aliphatic rings. The van der Waals surface area contributed by atoms with Crippen LogP contribution in [-0.4, -0.2) is 34.8 Å². The lowest BCUT2D eigenvalue weighted by Gasteiger charge is -2.03. The number of nitrogens with zero attached hydrogens (tertiary/aromatic N) is 2. The number of carbonyl (C=O) groups excluding carboxylic acids is 2. The second-order valence-corrected chi connectivity index (χ2v) is 6.51. The van der Waals surface area contributed by atoms with Gasteiger partial charge in [0.15, 0.2) is 6.61 Å². The summed E-state index contributed by atoms with van der Waals surface area (Å²) in [5.41, 5.74) is 2.79. The van der Waals surface area contributed by atoms with Gasteiger partial charge in [-0.3, -0.25) is 4.79 Å². The zero-order chi connectivity index (χ0) is 21.3. The highest BCUT2D eigenvalue weighted by molar-refractivity contribution is 5.90. The van der Waals surface area contributed by atoms with Gasteiger partial charge in [0.05, 0.1) is 11.4 Å². The molecule has 0 atom stereocenters. The second-order valence-electron chi connectivity index (χ2n) is 6.51. The Hall–Kier alpha value is -3.74. The fraction of sp³-hybridized carbons (Fsp3) is 0.174. The number of amides is 1. The number of hydrogen-bond acceptors (Lipinski definition) is 4. The Morgan fingerprint density at radius 2 is 1.87 bits per heavy atom. The van der Waals surface area contributed by atoms with Crippen molar-refractivity contribution in [3.8, 4) is 16.9 Å². The Balaban J connectivity index is 1.81. The third-order valence-corrected chi connectivity index (χ3v) is 4.20. The SMILES string of the molecule is CCCNC(=O)COC(=O)/C=C/c1cn(-c2ccccc2)nc1-c1ccc(F)cc1. The quantitative estimate of drug-likeness (QED) is 0.456. The van der Waals surface area contributed by atoms with Crippen molar-refractivity contribution in [3.05, 3.63) is 78.3 Å². The molecule has 1 N–H and O–H groups in total. The third-order valence-electron chi connectivity index (χ3n) is 4.20. The van der Waals surface area contributed by atoms with Gasteiger partial charge in [-0.1, -0.05) is 25.1 Å². The van der Waals surface area contributed by atoms with Gasteiger partial charge in [0.1, 0.15) is 5.82 Å². The highest BCUT2D eigenvalue weighted by Gasteiger charge is 2.12. The predicted octanol–water partition coefficient (Wildman–Crippen LogP) is 3.76. The molecule has 0 unspecified atom stereocenters. The van der Waals surface area contributed by atoms with Gasteiger partial charge in [-0.15, -0.1) is 0 Å². The summed E-state index contributed by atoms with van der Waals surface area (Å²) in [5.74, 6) is -1.33. The van der Waals surface area contributed by atoms with Gasteiger partial charge in [0, 0.05) is 29.9 Å². The summed E-state index contributed by atoms with van der Waals surface area (Å²) in [4.78, 5) is 23.5. The number of aromatic nitrogens is 2. The van der Waals surface area contributed by atoms with Crippen LogP contribution in [0.4, 0.5) is 4.39 Å². The summed E-state index contributed by atoms with van der Waals surface area (Å²) in [6.45, 7) is 2.13. The van der Waals surface area contributed by atoms with Gasteiger partial charge in [0.25, 0.3) is 5.91 Å². The van der Waals surface area contributed by atoms with Crippen LogP contribution in [0.3, 0.4) is 0 Å². The molecule has 1 amide bonds. The molecule has 0 saturated heterocycles. The molecule has 2 aromatic carbocycles. The maximum atomic E-state index is 13.3. The van der Waals surface area contributed by atoms with Crippen LogP contribution in [0.25, 0.3) is 23.0 Å². The third kappa shape index (κ3) is 5.64. The molecular weight excluding hydrogens is 385 g/mol. The number of ether oxygens (including phenoxy) is 1. The van der Waals surface area contributed by atoms with E-state index in [2.05, 4.69) is 10.4 Å². The Bertz CT molecular complexity index is 1030. The minimum atomic E-state index is -0.640. The molecule has 6 nitrogen and oxygen atoms in total. The van der Waals surface area contributed by atoms with Crippen molar-refractivity contribution in [2.45, 2.75) is 13.3 Å². The largest absolute Gasteiger partial charge is 0.452 e. The van der Waals surface area contributed by atoms with Gasteiger partial charge in [0.2, 0.25) is 0 Å². The summed E-state index contributed by atoms with van der Waals surface area (Å²) in [6, 6.07) is 15.5. The number of hydrogen-bond donors (Lipinski definition) is 1. The van der Waals surface area contributed by atoms with Crippen LogP contribution < -0.4 is 5.32 Å². The smallest absolute Gasteiger partial charge is 0.331 e. The fourth-order valence-corrected chi connectivity index (χ4v) is 2.71. The molecule has 0 fully saturated rings. The molecule has 7 heteroatoms. The number of esters is 1. The Morgan fingerprint density at radius 1 is 1.13 bits per heavy atom. The van der Waals surface area contributed by atoms with Gasteiger partial charge in [-0.2, -0.15) is 5.10 Å². The minimum Gasteiger partial charge on any atom is -0.452 e. The van der Waals surface area contributed by atoms with E-state index < -0.39 is 5.97 Å². The average Bonchev–Trinajstić information content (AvgIpc) is 3.20. The van der Waals surface area contributed by atoms with Crippen LogP contribution in [0.2, 0.25) is 0 Å². The fourth-order valence-electron chi connectivity index (χ4n) is 2.71. The molecule has 30 heavy (non-hydrogen) atoms. The molecule has 0 saturated carbocycles. The van der Waals surface area contributed by atoms with Gasteiger partial charge in [-0.05, 0) is 48.9 Å². The Morgan fingerprint density at radius 3 is 2.57 bits per heavy atom. The summed E-state index contributed by atoms with van der Waals surface area (Å²) in [5, 5.41) is 7.23. The van der Waals surface area contributed by atoms with Crippen molar-refractivity contribution >= 4 is 18.0 Å². The first-order chi connectivity index (χ1) is 14.6. The first-order valence-corrected chi connectivity index (χ1v) is 9.59. The number of nitrogens with one attached hydrogen (secondary N) is 1. The standard InChI is InChI=1S/C23H22FN3O3/c1-2-14-25-21(28)16-30-22(29)13-10-18-15-27(20-6-4-3-5-7-20)26-23(18)17-8-11-19(24)12-9-17/h3-13,15H,2,14,16H2,1H3,(H,25,28)/b13-10+. The number of benzene rings is 2. The van der Waals surface area contributed by atoms with Crippen LogP contribution in [0.1, 0.15) is 18.9 Å². The summed E-state index contributed by atoms with van der Waals surface area (Å²) >= 11 is 0. The molecule has 1 aromatic heterocycles. The molecule has 154 valence electrons. The zero-order valence-electron chi connectivity index (χ0n) is 16.5. The maximum absolute atomic E-state index is 13.3. The monoisotopic (exact) mass is 407 g/mol. The van der Waals surface area contributed by atoms with Gasteiger partial charge >= 0.3 is 5.97 Å². The first kappa shape index (κ1) is 21.0. The molecule has 1 heterocycles. The number of carbonyl (C=O) groups is 2. The molecule has 0 bridgehead atoms. The average molecular weight is 407 g/mol. The predicted molar refractivity (Wildman–Crippen MR) is 112 cm³/mol. The van der Waals surface area contributed by atoms with Crippen LogP contribution in [0.15, 0.2) is 66.9 Å². The molecule has 0 aliphatic heterocycles. The zero-order valence-corrected chi connectivity index (χ0v) is 16.5. The van der Waals surface area contributed by atoms with E-state index in [-0.39, 0.29) is 18.3 Å². The molecular formula is C23H22FN3O3. The number of rotatable bonds is 8. The molecule has 3 aromatic rings. The van der Waals surface area contributed by atoms with Crippen molar-refractivity contribution < 1.29 is 18.7 Å². The van der Waals surface area contributed by atoms with E-state index in [0.717, 1.165) is 12.1 Å². The topological polar surface area (TPSA) is 73.2 Å². The molecule has 0 spiro atoms. The lowest BCUT2D eigenvalue weighted by atomic mass is 10.1. The van der Waals surface area contributed by atoms with E-state index in [1.54, 1.807) is 29.1 Å². The van der Waals surface area contributed by atoms with Crippen molar-refractivity contribution in [2.24, 2.45) is 0 Å². The van der Waals surface area contributed by atoms with Crippen LogP contribution in [0, 0.1) is 5.82 Å². The van der Waals surface area contributed by atoms with Crippen LogP contribution in [-0.2, 0) is 14.3 Å². The number of para-hydroxylation sites is 1. The summed E-state index contributed by atoms with van der Waals surface area (Å²) in [6.07, 6.45) is 5.38. The lowest BCUT2D eigenvalue weighted by molar-refractivity contribution is -0.143. The van der Waals surface area contributed by atoms with E-state index in [9.17, 15) is 14.0 Å². The minimum absolute atomic E-state index is 0.336. The maximum Gasteiger partial charge on any atom is 0.331 e. The van der Waals surface area contributed by atoms with E-state index in [1.165, 1.54) is 18.2 Å². The first-order valence-electron chi connectivity index (χ1n) is 9.59. The molecule has 0 aliphatic carbocycles. The van der Waals surface area contributed by atoms with Crippen LogP contribution >= 0.6 is 0 Å². The van der Waals surface area contributed by atoms with Crippen molar-refractivity contribution in [1.82, 2.24) is 15.1 Å². The van der Waals surface area contributed by atoms with E-state index in [4.69, 9.17) is 4.74 Å². The highest BCUT2D eigenvalue weighted by atomic mass is 19.1. The molecule has 0 radical (unpaired) electrons. The Labute approximate surface area is 174 Å². The van der Waals surface area contributed by atoms with E-state index in [0.29, 0.717) is 23.4 Å². The normalized spacial score (nSPS) is 10.9.